The smallest absolute Gasteiger partial charge is 0.142 e. The van der Waals surface area contributed by atoms with Gasteiger partial charge in [0, 0.05) is 16.3 Å². The summed E-state index contributed by atoms with van der Waals surface area (Å²) in [7, 11) is 0. The largest absolute Gasteiger partial charge is 0.455 e. The van der Waals surface area contributed by atoms with Crippen molar-refractivity contribution in [2.45, 2.75) is 0 Å². The molecule has 1 nitrogen and oxygen atoms in total. The van der Waals surface area contributed by atoms with Crippen molar-refractivity contribution in [2.75, 3.05) is 0 Å². The topological polar surface area (TPSA) is 13.1 Å². The molecule has 1 aromatic heterocycles. The van der Waals surface area contributed by atoms with E-state index in [2.05, 4.69) is 18.2 Å². The van der Waals surface area contributed by atoms with E-state index in [9.17, 15) is 4.39 Å². The molecule has 0 aliphatic rings. The van der Waals surface area contributed by atoms with Crippen molar-refractivity contribution in [1.82, 2.24) is 0 Å². The summed E-state index contributed by atoms with van der Waals surface area (Å²) >= 11 is 0. The molecule has 1 heterocycles. The molecule has 0 atom stereocenters. The standard InChI is InChI=1S/C18H11FO/c19-15-9-7-13(8-10-15)17-11-14-6-5-12-3-1-2-4-16(12)18(14)20-17/h1-11H. The first-order chi connectivity index (χ1) is 9.81. The fourth-order valence-electron chi connectivity index (χ4n) is 2.52. The Hall–Kier alpha value is -2.61. The molecule has 0 radical (unpaired) electrons. The van der Waals surface area contributed by atoms with E-state index in [-0.39, 0.29) is 5.82 Å². The van der Waals surface area contributed by atoms with E-state index in [1.165, 1.54) is 12.1 Å². The first-order valence-corrected chi connectivity index (χ1v) is 6.48. The van der Waals surface area contributed by atoms with Crippen LogP contribution in [0.3, 0.4) is 0 Å². The Bertz CT molecular complexity index is 904. The van der Waals surface area contributed by atoms with Crippen LogP contribution < -0.4 is 0 Å². The molecule has 2 heteroatoms. The number of halogens is 1. The van der Waals surface area contributed by atoms with Gasteiger partial charge in [-0.05, 0) is 35.7 Å². The van der Waals surface area contributed by atoms with Gasteiger partial charge in [-0.15, -0.1) is 0 Å². The maximum absolute atomic E-state index is 13.0. The normalized spacial score (nSPS) is 11.2. The minimum atomic E-state index is -0.240. The summed E-state index contributed by atoms with van der Waals surface area (Å²) in [6, 6.07) is 20.6. The van der Waals surface area contributed by atoms with Gasteiger partial charge in [0.05, 0.1) is 0 Å². The summed E-state index contributed by atoms with van der Waals surface area (Å²) in [4.78, 5) is 0. The van der Waals surface area contributed by atoms with Gasteiger partial charge >= 0.3 is 0 Å². The number of hydrogen-bond acceptors (Lipinski definition) is 1. The van der Waals surface area contributed by atoms with E-state index in [0.717, 1.165) is 33.1 Å². The van der Waals surface area contributed by atoms with Crippen LogP contribution in [0.4, 0.5) is 4.39 Å². The second-order valence-electron chi connectivity index (χ2n) is 4.82. The summed E-state index contributed by atoms with van der Waals surface area (Å²) in [6.45, 7) is 0. The molecule has 0 fully saturated rings. The number of rotatable bonds is 1. The fraction of sp³-hybridized carbons (Fsp3) is 0. The van der Waals surface area contributed by atoms with E-state index in [1.54, 1.807) is 12.1 Å². The van der Waals surface area contributed by atoms with Gasteiger partial charge in [-0.25, -0.2) is 4.39 Å². The molecule has 0 saturated heterocycles. The molecule has 0 N–H and O–H groups in total. The Balaban J connectivity index is 1.98. The highest BCUT2D eigenvalue weighted by Gasteiger charge is 2.09. The lowest BCUT2D eigenvalue weighted by molar-refractivity contribution is 0.624. The molecular weight excluding hydrogens is 251 g/mol. The summed E-state index contributed by atoms with van der Waals surface area (Å²) in [5.41, 5.74) is 1.76. The third kappa shape index (κ3) is 1.69. The molecule has 3 aromatic carbocycles. The quantitative estimate of drug-likeness (QED) is 0.448. The van der Waals surface area contributed by atoms with E-state index < -0.39 is 0 Å². The number of benzene rings is 3. The molecule has 4 aromatic rings. The highest BCUT2D eigenvalue weighted by Crippen LogP contribution is 2.32. The van der Waals surface area contributed by atoms with Gasteiger partial charge in [0.15, 0.2) is 0 Å². The van der Waals surface area contributed by atoms with Crippen LogP contribution in [-0.4, -0.2) is 0 Å². The van der Waals surface area contributed by atoms with Gasteiger partial charge in [-0.3, -0.25) is 0 Å². The van der Waals surface area contributed by atoms with E-state index in [4.69, 9.17) is 4.42 Å². The van der Waals surface area contributed by atoms with Crippen LogP contribution in [0.1, 0.15) is 0 Å². The first kappa shape index (κ1) is 11.2. The van der Waals surface area contributed by atoms with Crippen molar-refractivity contribution in [3.8, 4) is 11.3 Å². The average molecular weight is 262 g/mol. The van der Waals surface area contributed by atoms with Gasteiger partial charge in [-0.1, -0.05) is 36.4 Å². The molecule has 4 rings (SSSR count). The minimum Gasteiger partial charge on any atom is -0.455 e. The van der Waals surface area contributed by atoms with Crippen LogP contribution in [-0.2, 0) is 0 Å². The first-order valence-electron chi connectivity index (χ1n) is 6.48. The van der Waals surface area contributed by atoms with Crippen molar-refractivity contribution in [3.05, 3.63) is 72.5 Å². The highest BCUT2D eigenvalue weighted by molar-refractivity contribution is 6.05. The number of furan rings is 1. The van der Waals surface area contributed by atoms with E-state index in [0.29, 0.717) is 0 Å². The Kier molecular flexibility index (Phi) is 2.36. The number of hydrogen-bond donors (Lipinski definition) is 0. The molecule has 0 aliphatic carbocycles. The third-order valence-corrected chi connectivity index (χ3v) is 3.54. The maximum atomic E-state index is 13.0. The van der Waals surface area contributed by atoms with Crippen LogP contribution in [0, 0.1) is 5.82 Å². The SMILES string of the molecule is Fc1ccc(-c2cc3ccc4ccccc4c3o2)cc1. The summed E-state index contributed by atoms with van der Waals surface area (Å²) in [5.74, 6) is 0.520. The van der Waals surface area contributed by atoms with Crippen molar-refractivity contribution < 1.29 is 8.81 Å². The zero-order chi connectivity index (χ0) is 13.5. The van der Waals surface area contributed by atoms with E-state index in [1.807, 2.05) is 24.3 Å². The van der Waals surface area contributed by atoms with Gasteiger partial charge in [0.25, 0.3) is 0 Å². The Morgan fingerprint density at radius 3 is 2.35 bits per heavy atom. The molecule has 96 valence electrons. The lowest BCUT2D eigenvalue weighted by Crippen LogP contribution is -1.74. The summed E-state index contributed by atoms with van der Waals surface area (Å²) < 4.78 is 19.0. The Labute approximate surface area is 115 Å². The molecule has 20 heavy (non-hydrogen) atoms. The van der Waals surface area contributed by atoms with Gasteiger partial charge in [-0.2, -0.15) is 0 Å². The van der Waals surface area contributed by atoms with Crippen LogP contribution >= 0.6 is 0 Å². The fourth-order valence-corrected chi connectivity index (χ4v) is 2.52. The molecular formula is C18H11FO. The predicted molar refractivity (Wildman–Crippen MR) is 79.1 cm³/mol. The lowest BCUT2D eigenvalue weighted by atomic mass is 10.1. The van der Waals surface area contributed by atoms with Gasteiger partial charge in [0.1, 0.15) is 17.2 Å². The lowest BCUT2D eigenvalue weighted by Gasteiger charge is -1.97. The third-order valence-electron chi connectivity index (χ3n) is 3.54. The summed E-state index contributed by atoms with van der Waals surface area (Å²) in [5, 5.41) is 3.31. The van der Waals surface area contributed by atoms with Crippen molar-refractivity contribution >= 4 is 21.7 Å². The van der Waals surface area contributed by atoms with E-state index >= 15 is 0 Å². The predicted octanol–water partition coefficient (Wildman–Crippen LogP) is 5.39. The maximum Gasteiger partial charge on any atom is 0.142 e. The zero-order valence-corrected chi connectivity index (χ0v) is 10.6. The molecule has 0 bridgehead atoms. The van der Waals surface area contributed by atoms with Crippen LogP contribution in [0.25, 0.3) is 33.1 Å². The molecule has 0 saturated carbocycles. The van der Waals surface area contributed by atoms with Gasteiger partial charge in [0.2, 0.25) is 0 Å². The summed E-state index contributed by atoms with van der Waals surface area (Å²) in [6.07, 6.45) is 0. The molecule has 0 aliphatic heterocycles. The molecule has 0 unspecified atom stereocenters. The van der Waals surface area contributed by atoms with Crippen LogP contribution in [0.2, 0.25) is 0 Å². The average Bonchev–Trinajstić information content (AvgIpc) is 2.92. The Morgan fingerprint density at radius 1 is 0.750 bits per heavy atom. The second-order valence-corrected chi connectivity index (χ2v) is 4.82. The van der Waals surface area contributed by atoms with Crippen LogP contribution in [0.15, 0.2) is 71.1 Å². The molecule has 0 spiro atoms. The highest BCUT2D eigenvalue weighted by atomic mass is 19.1. The van der Waals surface area contributed by atoms with Gasteiger partial charge < -0.3 is 4.42 Å². The number of fused-ring (bicyclic) bond motifs is 3. The van der Waals surface area contributed by atoms with Crippen LogP contribution in [0.5, 0.6) is 0 Å². The monoisotopic (exact) mass is 262 g/mol. The van der Waals surface area contributed by atoms with Crippen molar-refractivity contribution in [3.63, 3.8) is 0 Å². The van der Waals surface area contributed by atoms with Crippen molar-refractivity contribution in [1.29, 1.82) is 0 Å². The Morgan fingerprint density at radius 2 is 1.50 bits per heavy atom. The molecule has 0 amide bonds. The second kappa shape index (κ2) is 4.20. The zero-order valence-electron chi connectivity index (χ0n) is 10.6. The van der Waals surface area contributed by atoms with Crippen molar-refractivity contribution in [2.24, 2.45) is 0 Å². The minimum absolute atomic E-state index is 0.240.